The van der Waals surface area contributed by atoms with Crippen LogP contribution in [0.3, 0.4) is 0 Å². The van der Waals surface area contributed by atoms with Crippen molar-refractivity contribution in [3.05, 3.63) is 11.9 Å². The largest absolute Gasteiger partial charge is 0.396 e. The molecule has 15 heavy (non-hydrogen) atoms. The summed E-state index contributed by atoms with van der Waals surface area (Å²) in [6.07, 6.45) is 4.15. The van der Waals surface area contributed by atoms with E-state index in [1.165, 1.54) is 12.8 Å². The second-order valence-electron chi connectivity index (χ2n) is 4.18. The number of carbonyl (C=O) groups is 1. The minimum Gasteiger partial charge on any atom is -0.396 e. The number of aromatic nitrogens is 2. The molecule has 1 fully saturated rings. The molecule has 2 rings (SSSR count). The molecule has 5 nitrogen and oxygen atoms in total. The van der Waals surface area contributed by atoms with E-state index in [0.717, 1.165) is 12.5 Å². The van der Waals surface area contributed by atoms with Gasteiger partial charge >= 0.3 is 0 Å². The maximum absolute atomic E-state index is 10.9. The zero-order valence-electron chi connectivity index (χ0n) is 8.81. The van der Waals surface area contributed by atoms with Gasteiger partial charge in [-0.1, -0.05) is 13.3 Å². The maximum atomic E-state index is 10.9. The first-order valence-corrected chi connectivity index (χ1v) is 5.24. The van der Waals surface area contributed by atoms with Crippen molar-refractivity contribution in [1.29, 1.82) is 0 Å². The Hall–Kier alpha value is -1.52. The molecule has 0 spiro atoms. The highest BCUT2D eigenvalue weighted by Gasteiger charge is 2.35. The monoisotopic (exact) mass is 208 g/mol. The van der Waals surface area contributed by atoms with Crippen LogP contribution in [0.5, 0.6) is 0 Å². The number of nitrogens with zero attached hydrogens (tertiary/aromatic N) is 2. The molecule has 1 heterocycles. The van der Waals surface area contributed by atoms with Crippen LogP contribution in [-0.2, 0) is 6.54 Å². The average molecular weight is 208 g/mol. The lowest BCUT2D eigenvalue weighted by atomic mass is 10.2. The van der Waals surface area contributed by atoms with Gasteiger partial charge in [0.2, 0.25) is 0 Å². The minimum absolute atomic E-state index is 0.184. The quantitative estimate of drug-likeness (QED) is 0.760. The van der Waals surface area contributed by atoms with E-state index >= 15 is 0 Å². The van der Waals surface area contributed by atoms with Gasteiger partial charge in [-0.3, -0.25) is 9.48 Å². The van der Waals surface area contributed by atoms with Gasteiger partial charge in [0.15, 0.2) is 5.69 Å². The summed E-state index contributed by atoms with van der Waals surface area (Å²) in [6, 6.07) is 0. The van der Waals surface area contributed by atoms with Crippen molar-refractivity contribution in [3.8, 4) is 0 Å². The molecule has 0 saturated heterocycles. The zero-order valence-corrected chi connectivity index (χ0v) is 8.81. The van der Waals surface area contributed by atoms with Crippen molar-refractivity contribution in [2.75, 3.05) is 5.73 Å². The second-order valence-corrected chi connectivity index (χ2v) is 4.18. The molecular weight excluding hydrogens is 192 g/mol. The van der Waals surface area contributed by atoms with E-state index in [2.05, 4.69) is 12.0 Å². The Labute approximate surface area is 88.4 Å². The first-order valence-electron chi connectivity index (χ1n) is 5.24. The number of amides is 1. The van der Waals surface area contributed by atoms with Gasteiger partial charge in [0, 0.05) is 12.7 Å². The molecule has 2 atom stereocenters. The fourth-order valence-electron chi connectivity index (χ4n) is 2.00. The van der Waals surface area contributed by atoms with E-state index in [1.807, 2.05) is 0 Å². The van der Waals surface area contributed by atoms with Gasteiger partial charge in [-0.25, -0.2) is 0 Å². The van der Waals surface area contributed by atoms with Crippen molar-refractivity contribution in [2.45, 2.75) is 26.3 Å². The molecule has 5 heteroatoms. The molecule has 1 aliphatic carbocycles. The third kappa shape index (κ3) is 1.95. The van der Waals surface area contributed by atoms with Crippen LogP contribution in [0, 0.1) is 11.8 Å². The van der Waals surface area contributed by atoms with Crippen molar-refractivity contribution >= 4 is 11.6 Å². The Morgan fingerprint density at radius 2 is 2.40 bits per heavy atom. The highest BCUT2D eigenvalue weighted by Crippen LogP contribution is 2.42. The number of hydrogen-bond acceptors (Lipinski definition) is 3. The van der Waals surface area contributed by atoms with Gasteiger partial charge in [0.05, 0.1) is 5.69 Å². The van der Waals surface area contributed by atoms with Crippen LogP contribution in [0.2, 0.25) is 0 Å². The average Bonchev–Trinajstić information content (AvgIpc) is 2.81. The zero-order chi connectivity index (χ0) is 11.0. The molecule has 1 amide bonds. The summed E-state index contributed by atoms with van der Waals surface area (Å²) in [7, 11) is 0. The maximum Gasteiger partial charge on any atom is 0.271 e. The van der Waals surface area contributed by atoms with Gasteiger partial charge in [-0.15, -0.1) is 0 Å². The molecule has 0 bridgehead atoms. The van der Waals surface area contributed by atoms with Gasteiger partial charge < -0.3 is 11.5 Å². The summed E-state index contributed by atoms with van der Waals surface area (Å²) in [5.74, 6) is 0.941. The van der Waals surface area contributed by atoms with E-state index < -0.39 is 5.91 Å². The Kier molecular flexibility index (Phi) is 2.38. The van der Waals surface area contributed by atoms with Crippen molar-refractivity contribution in [2.24, 2.45) is 17.6 Å². The first kappa shape index (κ1) is 10.0. The molecular formula is C10H16N4O. The Balaban J connectivity index is 2.04. The predicted molar refractivity (Wildman–Crippen MR) is 57.0 cm³/mol. The van der Waals surface area contributed by atoms with E-state index in [-0.39, 0.29) is 5.69 Å². The fourth-order valence-corrected chi connectivity index (χ4v) is 2.00. The second kappa shape index (κ2) is 3.56. The third-order valence-corrected chi connectivity index (χ3v) is 3.04. The van der Waals surface area contributed by atoms with Crippen molar-refractivity contribution < 1.29 is 4.79 Å². The molecule has 1 saturated carbocycles. The number of rotatable bonds is 4. The molecule has 0 aromatic carbocycles. The van der Waals surface area contributed by atoms with E-state index in [9.17, 15) is 4.79 Å². The lowest BCUT2D eigenvalue weighted by Crippen LogP contribution is -2.14. The van der Waals surface area contributed by atoms with Crippen LogP contribution < -0.4 is 11.5 Å². The number of carbonyl (C=O) groups excluding carboxylic acids is 1. The Bertz CT molecular complexity index is 385. The lowest BCUT2D eigenvalue weighted by Gasteiger charge is -1.98. The van der Waals surface area contributed by atoms with Gasteiger partial charge in [-0.2, -0.15) is 5.10 Å². The summed E-state index contributed by atoms with van der Waals surface area (Å²) < 4.78 is 1.73. The summed E-state index contributed by atoms with van der Waals surface area (Å²) in [4.78, 5) is 10.9. The molecule has 1 aromatic rings. The van der Waals surface area contributed by atoms with E-state index in [1.54, 1.807) is 10.9 Å². The van der Waals surface area contributed by atoms with Crippen LogP contribution in [0.4, 0.5) is 5.69 Å². The smallest absolute Gasteiger partial charge is 0.271 e. The third-order valence-electron chi connectivity index (χ3n) is 3.04. The number of primary amides is 1. The van der Waals surface area contributed by atoms with Gasteiger partial charge in [0.25, 0.3) is 5.91 Å². The Morgan fingerprint density at radius 3 is 2.87 bits per heavy atom. The SMILES string of the molecule is CCC1CC1Cn1cc(N)c(C(N)=O)n1. The van der Waals surface area contributed by atoms with Crippen LogP contribution in [-0.4, -0.2) is 15.7 Å². The van der Waals surface area contributed by atoms with Gasteiger partial charge in [0.1, 0.15) is 0 Å². The highest BCUT2D eigenvalue weighted by atomic mass is 16.1. The summed E-state index contributed by atoms with van der Waals surface area (Å²) >= 11 is 0. The number of anilines is 1. The Morgan fingerprint density at radius 1 is 1.67 bits per heavy atom. The number of nitrogen functional groups attached to an aromatic ring is 1. The lowest BCUT2D eigenvalue weighted by molar-refractivity contribution is 0.0995. The molecule has 82 valence electrons. The van der Waals surface area contributed by atoms with E-state index in [0.29, 0.717) is 11.6 Å². The number of hydrogen-bond donors (Lipinski definition) is 2. The first-order chi connectivity index (χ1) is 7.11. The van der Waals surface area contributed by atoms with Crippen LogP contribution >= 0.6 is 0 Å². The standard InChI is InChI=1S/C10H16N4O/c1-2-6-3-7(6)4-14-5-8(11)9(13-14)10(12)15/h5-7H,2-4,11H2,1H3,(H2,12,15). The number of nitrogens with two attached hydrogens (primary N) is 2. The highest BCUT2D eigenvalue weighted by molar-refractivity contribution is 5.95. The summed E-state index contributed by atoms with van der Waals surface area (Å²) in [6.45, 7) is 3.03. The molecule has 0 radical (unpaired) electrons. The minimum atomic E-state index is -0.561. The van der Waals surface area contributed by atoms with Crippen LogP contribution in [0.1, 0.15) is 30.3 Å². The van der Waals surface area contributed by atoms with Crippen LogP contribution in [0.15, 0.2) is 6.20 Å². The molecule has 2 unspecified atom stereocenters. The fraction of sp³-hybridized carbons (Fsp3) is 0.600. The summed E-state index contributed by atoms with van der Waals surface area (Å²) in [5.41, 5.74) is 11.3. The predicted octanol–water partition coefficient (Wildman–Crippen LogP) is 0.610. The molecule has 1 aliphatic rings. The summed E-state index contributed by atoms with van der Waals surface area (Å²) in [5, 5.41) is 4.08. The normalized spacial score (nSPS) is 24.1. The topological polar surface area (TPSA) is 86.9 Å². The molecule has 0 aliphatic heterocycles. The molecule has 1 aromatic heterocycles. The van der Waals surface area contributed by atoms with Gasteiger partial charge in [-0.05, 0) is 18.3 Å². The molecule has 4 N–H and O–H groups in total. The van der Waals surface area contributed by atoms with Crippen LogP contribution in [0.25, 0.3) is 0 Å². The van der Waals surface area contributed by atoms with E-state index in [4.69, 9.17) is 11.5 Å². The van der Waals surface area contributed by atoms with Crippen molar-refractivity contribution in [3.63, 3.8) is 0 Å². The van der Waals surface area contributed by atoms with Crippen molar-refractivity contribution in [1.82, 2.24) is 9.78 Å².